The normalized spacial score (nSPS) is 10.8. The molecule has 0 aliphatic carbocycles. The first-order valence-electron chi connectivity index (χ1n) is 8.46. The van der Waals surface area contributed by atoms with Gasteiger partial charge in [0.2, 0.25) is 0 Å². The predicted molar refractivity (Wildman–Crippen MR) is 116 cm³/mol. The highest BCUT2D eigenvalue weighted by molar-refractivity contribution is 9.11. The van der Waals surface area contributed by atoms with Crippen LogP contribution >= 0.6 is 43.2 Å². The standard InChI is InChI=1S/C19H18Br2N2O3S/c1-2-3-8-25-13-5-6-15-17(10-13)27-19(22-15)23-18(24)11-26-16-7-4-12(20)9-14(16)21/h4-7,9-10H,2-3,8,11H2,1H3,(H,22,23,24). The SMILES string of the molecule is CCCCOc1ccc2nc(NC(=O)COc3ccc(Br)cc3Br)sc2c1. The van der Waals surface area contributed by atoms with Crippen molar-refractivity contribution in [3.05, 3.63) is 45.3 Å². The topological polar surface area (TPSA) is 60.5 Å². The van der Waals surface area contributed by atoms with Crippen molar-refractivity contribution in [1.29, 1.82) is 0 Å². The summed E-state index contributed by atoms with van der Waals surface area (Å²) >= 11 is 8.20. The van der Waals surface area contributed by atoms with Crippen molar-refractivity contribution in [3.8, 4) is 11.5 Å². The molecule has 0 radical (unpaired) electrons. The number of nitrogens with zero attached hydrogens (tertiary/aromatic N) is 1. The van der Waals surface area contributed by atoms with Crippen LogP contribution in [0, 0.1) is 0 Å². The molecule has 0 aliphatic heterocycles. The monoisotopic (exact) mass is 512 g/mol. The Morgan fingerprint density at radius 2 is 2.04 bits per heavy atom. The highest BCUT2D eigenvalue weighted by Crippen LogP contribution is 2.30. The summed E-state index contributed by atoms with van der Waals surface area (Å²) < 4.78 is 13.9. The Hall–Kier alpha value is -1.64. The number of nitrogens with one attached hydrogen (secondary N) is 1. The summed E-state index contributed by atoms with van der Waals surface area (Å²) in [4.78, 5) is 16.6. The van der Waals surface area contributed by atoms with E-state index in [9.17, 15) is 4.79 Å². The quantitative estimate of drug-likeness (QED) is 0.374. The number of carbonyl (C=O) groups is 1. The maximum atomic E-state index is 12.2. The van der Waals surface area contributed by atoms with Crippen LogP contribution in [-0.4, -0.2) is 24.1 Å². The molecular weight excluding hydrogens is 496 g/mol. The molecular formula is C19H18Br2N2O3S. The van der Waals surface area contributed by atoms with Crippen molar-refractivity contribution in [2.24, 2.45) is 0 Å². The number of halogens is 2. The van der Waals surface area contributed by atoms with Gasteiger partial charge in [0.05, 0.1) is 21.3 Å². The van der Waals surface area contributed by atoms with E-state index in [0.717, 1.165) is 37.8 Å². The molecule has 0 saturated carbocycles. The zero-order chi connectivity index (χ0) is 19.2. The molecule has 0 aliphatic rings. The number of thiazole rings is 1. The number of hydrogen-bond acceptors (Lipinski definition) is 5. The van der Waals surface area contributed by atoms with Crippen LogP contribution in [0.4, 0.5) is 5.13 Å². The molecule has 0 saturated heterocycles. The lowest BCUT2D eigenvalue weighted by Gasteiger charge is -2.07. The Morgan fingerprint density at radius 1 is 1.19 bits per heavy atom. The average molecular weight is 514 g/mol. The number of unbranched alkanes of at least 4 members (excludes halogenated alkanes) is 1. The molecule has 1 heterocycles. The van der Waals surface area contributed by atoms with Gasteiger partial charge < -0.3 is 9.47 Å². The van der Waals surface area contributed by atoms with Gasteiger partial charge in [-0.1, -0.05) is 40.6 Å². The van der Waals surface area contributed by atoms with Crippen LogP contribution in [0.2, 0.25) is 0 Å². The first kappa shape index (κ1) is 20.1. The molecule has 3 aromatic rings. The molecule has 1 aromatic heterocycles. The molecule has 1 N–H and O–H groups in total. The van der Waals surface area contributed by atoms with E-state index in [-0.39, 0.29) is 12.5 Å². The van der Waals surface area contributed by atoms with E-state index >= 15 is 0 Å². The number of ether oxygens (including phenoxy) is 2. The molecule has 0 spiro atoms. The minimum Gasteiger partial charge on any atom is -0.494 e. The van der Waals surface area contributed by atoms with Crippen molar-refractivity contribution in [1.82, 2.24) is 4.98 Å². The van der Waals surface area contributed by atoms with Crippen LogP contribution in [0.5, 0.6) is 11.5 Å². The van der Waals surface area contributed by atoms with E-state index in [1.165, 1.54) is 11.3 Å². The molecule has 5 nitrogen and oxygen atoms in total. The van der Waals surface area contributed by atoms with E-state index in [2.05, 4.69) is 49.1 Å². The predicted octanol–water partition coefficient (Wildman–Crippen LogP) is 6.02. The lowest BCUT2D eigenvalue weighted by Crippen LogP contribution is -2.20. The summed E-state index contributed by atoms with van der Waals surface area (Å²) in [6.07, 6.45) is 2.12. The molecule has 2 aromatic carbocycles. The van der Waals surface area contributed by atoms with Gasteiger partial charge in [-0.05, 0) is 58.7 Å². The van der Waals surface area contributed by atoms with Crippen LogP contribution < -0.4 is 14.8 Å². The van der Waals surface area contributed by atoms with Crippen LogP contribution in [0.1, 0.15) is 19.8 Å². The number of aromatic nitrogens is 1. The largest absolute Gasteiger partial charge is 0.494 e. The highest BCUT2D eigenvalue weighted by Gasteiger charge is 2.10. The van der Waals surface area contributed by atoms with E-state index in [4.69, 9.17) is 9.47 Å². The zero-order valence-corrected chi connectivity index (χ0v) is 18.6. The zero-order valence-electron chi connectivity index (χ0n) is 14.6. The number of amides is 1. The van der Waals surface area contributed by atoms with E-state index in [1.54, 1.807) is 6.07 Å². The molecule has 27 heavy (non-hydrogen) atoms. The van der Waals surface area contributed by atoms with Crippen LogP contribution in [0.3, 0.4) is 0 Å². The number of rotatable bonds is 8. The van der Waals surface area contributed by atoms with Crippen LogP contribution in [-0.2, 0) is 4.79 Å². The third kappa shape index (κ3) is 5.67. The molecule has 0 bridgehead atoms. The smallest absolute Gasteiger partial charge is 0.264 e. The van der Waals surface area contributed by atoms with E-state index in [1.807, 2.05) is 30.3 Å². The number of hydrogen-bond donors (Lipinski definition) is 1. The summed E-state index contributed by atoms with van der Waals surface area (Å²) in [5, 5.41) is 3.32. The fourth-order valence-corrected chi connectivity index (χ4v) is 4.35. The van der Waals surface area contributed by atoms with Crippen molar-refractivity contribution < 1.29 is 14.3 Å². The first-order valence-corrected chi connectivity index (χ1v) is 10.9. The number of anilines is 1. The molecule has 1 amide bonds. The minimum atomic E-state index is -0.261. The molecule has 8 heteroatoms. The first-order chi connectivity index (χ1) is 13.0. The minimum absolute atomic E-state index is 0.0957. The Labute approximate surface area is 178 Å². The fourth-order valence-electron chi connectivity index (χ4n) is 2.27. The van der Waals surface area contributed by atoms with Gasteiger partial charge in [0.25, 0.3) is 5.91 Å². The van der Waals surface area contributed by atoms with E-state index in [0.29, 0.717) is 17.5 Å². The molecule has 3 rings (SSSR count). The number of benzene rings is 2. The molecule has 0 fully saturated rings. The van der Waals surface area contributed by atoms with Crippen molar-refractivity contribution in [2.75, 3.05) is 18.5 Å². The lowest BCUT2D eigenvalue weighted by atomic mass is 10.3. The van der Waals surface area contributed by atoms with Gasteiger partial charge in [0, 0.05) is 4.47 Å². The number of carbonyl (C=O) groups excluding carboxylic acids is 1. The third-order valence-corrected chi connectivity index (χ3v) is 5.67. The van der Waals surface area contributed by atoms with Gasteiger partial charge in [-0.15, -0.1) is 0 Å². The summed E-state index contributed by atoms with van der Waals surface area (Å²) in [5.74, 6) is 1.16. The average Bonchev–Trinajstić information content (AvgIpc) is 3.02. The fraction of sp³-hybridized carbons (Fsp3) is 0.263. The highest BCUT2D eigenvalue weighted by atomic mass is 79.9. The Bertz CT molecular complexity index is 946. The second-order valence-corrected chi connectivity index (χ2v) is 8.56. The second-order valence-electron chi connectivity index (χ2n) is 5.76. The van der Waals surface area contributed by atoms with Gasteiger partial charge in [-0.2, -0.15) is 0 Å². The molecule has 0 unspecified atom stereocenters. The molecule has 142 valence electrons. The van der Waals surface area contributed by atoms with Crippen molar-refractivity contribution in [2.45, 2.75) is 19.8 Å². The van der Waals surface area contributed by atoms with Crippen molar-refractivity contribution in [3.63, 3.8) is 0 Å². The van der Waals surface area contributed by atoms with E-state index < -0.39 is 0 Å². The Kier molecular flexibility index (Phi) is 7.09. The second kappa shape index (κ2) is 9.52. The summed E-state index contributed by atoms with van der Waals surface area (Å²) in [7, 11) is 0. The van der Waals surface area contributed by atoms with Gasteiger partial charge in [0.15, 0.2) is 11.7 Å². The maximum absolute atomic E-state index is 12.2. The van der Waals surface area contributed by atoms with Crippen LogP contribution in [0.25, 0.3) is 10.2 Å². The summed E-state index contributed by atoms with van der Waals surface area (Å²) in [6.45, 7) is 2.73. The Balaban J connectivity index is 1.59. The van der Waals surface area contributed by atoms with Gasteiger partial charge >= 0.3 is 0 Å². The van der Waals surface area contributed by atoms with Gasteiger partial charge in [0.1, 0.15) is 11.5 Å². The molecule has 0 atom stereocenters. The van der Waals surface area contributed by atoms with Crippen molar-refractivity contribution >= 4 is 64.5 Å². The number of fused-ring (bicyclic) bond motifs is 1. The summed E-state index contributed by atoms with van der Waals surface area (Å²) in [6, 6.07) is 11.3. The Morgan fingerprint density at radius 3 is 2.81 bits per heavy atom. The van der Waals surface area contributed by atoms with Gasteiger partial charge in [-0.3, -0.25) is 10.1 Å². The van der Waals surface area contributed by atoms with Crippen LogP contribution in [0.15, 0.2) is 45.3 Å². The third-order valence-electron chi connectivity index (χ3n) is 3.63. The van der Waals surface area contributed by atoms with Gasteiger partial charge in [-0.25, -0.2) is 4.98 Å². The lowest BCUT2D eigenvalue weighted by molar-refractivity contribution is -0.118. The summed E-state index contributed by atoms with van der Waals surface area (Å²) in [5.41, 5.74) is 0.828. The maximum Gasteiger partial charge on any atom is 0.264 e.